The van der Waals surface area contributed by atoms with Crippen molar-refractivity contribution in [2.24, 2.45) is 5.92 Å². The first-order valence-corrected chi connectivity index (χ1v) is 9.33. The van der Waals surface area contributed by atoms with Crippen molar-refractivity contribution in [3.8, 4) is 17.0 Å². The third-order valence-corrected chi connectivity index (χ3v) is 5.44. The van der Waals surface area contributed by atoms with Crippen LogP contribution in [-0.2, 0) is 0 Å². The van der Waals surface area contributed by atoms with E-state index in [9.17, 15) is 9.18 Å². The van der Waals surface area contributed by atoms with E-state index in [4.69, 9.17) is 4.74 Å². The highest BCUT2D eigenvalue weighted by Crippen LogP contribution is 2.27. The maximum absolute atomic E-state index is 13.9. The zero-order valence-corrected chi connectivity index (χ0v) is 15.1. The first-order valence-electron chi connectivity index (χ1n) is 8.45. The lowest BCUT2D eigenvalue weighted by Crippen LogP contribution is -2.30. The second-order valence-electron chi connectivity index (χ2n) is 6.32. The smallest absolute Gasteiger partial charge is 0.269 e. The molecule has 1 amide bonds. The Kier molecular flexibility index (Phi) is 4.60. The molecular formula is C18H19FN4O2S. The highest BCUT2D eigenvalue weighted by Gasteiger charge is 2.19. The van der Waals surface area contributed by atoms with Gasteiger partial charge >= 0.3 is 0 Å². The SMILES string of the molecule is COc1ccc(-c2cn3c(C(=O)NCC4CCNC4)csc3n2)cc1F. The lowest BCUT2D eigenvalue weighted by molar-refractivity contribution is 0.0942. The minimum Gasteiger partial charge on any atom is -0.494 e. The standard InChI is InChI=1S/C18H19FN4O2S/c1-25-16-3-2-12(6-13(16)19)14-9-23-15(10-26-18(23)22-14)17(24)21-8-11-4-5-20-7-11/h2-3,6,9-11,20H,4-5,7-8H2,1H3,(H,21,24). The number of amides is 1. The second-order valence-corrected chi connectivity index (χ2v) is 7.15. The largest absolute Gasteiger partial charge is 0.494 e. The number of carbonyl (C=O) groups is 1. The van der Waals surface area contributed by atoms with Crippen LogP contribution in [0.4, 0.5) is 4.39 Å². The molecule has 0 spiro atoms. The van der Waals surface area contributed by atoms with Crippen molar-refractivity contribution >= 4 is 22.2 Å². The molecule has 0 bridgehead atoms. The summed E-state index contributed by atoms with van der Waals surface area (Å²) in [6.07, 6.45) is 2.84. The highest BCUT2D eigenvalue weighted by molar-refractivity contribution is 7.15. The fourth-order valence-electron chi connectivity index (χ4n) is 3.13. The van der Waals surface area contributed by atoms with Gasteiger partial charge in [0.2, 0.25) is 0 Å². The lowest BCUT2D eigenvalue weighted by Gasteiger charge is -2.09. The van der Waals surface area contributed by atoms with E-state index in [1.165, 1.54) is 24.5 Å². The predicted octanol–water partition coefficient (Wildman–Crippen LogP) is 2.55. The Morgan fingerprint density at radius 2 is 2.42 bits per heavy atom. The summed E-state index contributed by atoms with van der Waals surface area (Å²) < 4.78 is 20.6. The number of ether oxygens (including phenoxy) is 1. The predicted molar refractivity (Wildman–Crippen MR) is 98.3 cm³/mol. The fourth-order valence-corrected chi connectivity index (χ4v) is 3.98. The van der Waals surface area contributed by atoms with Gasteiger partial charge in [0.05, 0.1) is 12.8 Å². The van der Waals surface area contributed by atoms with Crippen LogP contribution in [0.2, 0.25) is 0 Å². The van der Waals surface area contributed by atoms with Crippen LogP contribution in [-0.4, -0.2) is 42.0 Å². The molecule has 26 heavy (non-hydrogen) atoms. The van der Waals surface area contributed by atoms with Crippen LogP contribution in [0, 0.1) is 11.7 Å². The van der Waals surface area contributed by atoms with Gasteiger partial charge in [-0.25, -0.2) is 9.37 Å². The van der Waals surface area contributed by atoms with Crippen LogP contribution in [0.3, 0.4) is 0 Å². The summed E-state index contributed by atoms with van der Waals surface area (Å²) in [5.41, 5.74) is 1.80. The first-order chi connectivity index (χ1) is 12.7. The maximum Gasteiger partial charge on any atom is 0.269 e. The summed E-state index contributed by atoms with van der Waals surface area (Å²) in [5.74, 6) is 0.113. The van der Waals surface area contributed by atoms with Gasteiger partial charge in [0.25, 0.3) is 5.91 Å². The Morgan fingerprint density at radius 3 is 3.15 bits per heavy atom. The van der Waals surface area contributed by atoms with Gasteiger partial charge in [0, 0.05) is 23.7 Å². The zero-order chi connectivity index (χ0) is 18.1. The molecule has 1 unspecified atom stereocenters. The lowest BCUT2D eigenvalue weighted by atomic mass is 10.1. The number of nitrogens with one attached hydrogen (secondary N) is 2. The molecule has 1 atom stereocenters. The molecule has 4 rings (SSSR count). The molecule has 1 saturated heterocycles. The van der Waals surface area contributed by atoms with Crippen LogP contribution in [0.25, 0.3) is 16.2 Å². The van der Waals surface area contributed by atoms with Gasteiger partial charge < -0.3 is 15.4 Å². The Labute approximate surface area is 154 Å². The van der Waals surface area contributed by atoms with Crippen LogP contribution < -0.4 is 15.4 Å². The molecule has 1 aromatic carbocycles. The molecule has 0 saturated carbocycles. The molecular weight excluding hydrogens is 355 g/mol. The summed E-state index contributed by atoms with van der Waals surface area (Å²) in [6, 6.07) is 4.71. The van der Waals surface area contributed by atoms with Crippen molar-refractivity contribution in [2.75, 3.05) is 26.7 Å². The number of rotatable bonds is 5. The van der Waals surface area contributed by atoms with Crippen LogP contribution in [0.5, 0.6) is 5.75 Å². The van der Waals surface area contributed by atoms with Crippen molar-refractivity contribution in [3.05, 3.63) is 41.3 Å². The third kappa shape index (κ3) is 3.17. The fraction of sp³-hybridized carbons (Fsp3) is 0.333. The first kappa shape index (κ1) is 17.0. The van der Waals surface area contributed by atoms with Gasteiger partial charge in [-0.1, -0.05) is 0 Å². The van der Waals surface area contributed by atoms with E-state index in [0.717, 1.165) is 19.5 Å². The molecule has 0 aliphatic carbocycles. The average molecular weight is 374 g/mol. The van der Waals surface area contributed by atoms with Crippen molar-refractivity contribution in [3.63, 3.8) is 0 Å². The second kappa shape index (κ2) is 7.05. The number of benzene rings is 1. The Balaban J connectivity index is 1.56. The molecule has 0 radical (unpaired) electrons. The third-order valence-electron chi connectivity index (χ3n) is 4.60. The number of aromatic nitrogens is 2. The quantitative estimate of drug-likeness (QED) is 0.720. The van der Waals surface area contributed by atoms with Crippen LogP contribution in [0.1, 0.15) is 16.9 Å². The van der Waals surface area contributed by atoms with Gasteiger partial charge in [-0.15, -0.1) is 11.3 Å². The minimum absolute atomic E-state index is 0.118. The van der Waals surface area contributed by atoms with Crippen molar-refractivity contribution in [1.29, 1.82) is 0 Å². The van der Waals surface area contributed by atoms with Gasteiger partial charge in [-0.05, 0) is 43.6 Å². The van der Waals surface area contributed by atoms with E-state index in [-0.39, 0.29) is 11.7 Å². The molecule has 1 fully saturated rings. The van der Waals surface area contributed by atoms with Crippen LogP contribution >= 0.6 is 11.3 Å². The molecule has 3 aromatic rings. The molecule has 6 nitrogen and oxygen atoms in total. The highest BCUT2D eigenvalue weighted by atomic mass is 32.1. The number of methoxy groups -OCH3 is 1. The number of nitrogens with zero attached hydrogens (tertiary/aromatic N) is 2. The molecule has 1 aliphatic rings. The summed E-state index contributed by atoms with van der Waals surface area (Å²) in [7, 11) is 1.43. The molecule has 8 heteroatoms. The van der Waals surface area contributed by atoms with E-state index < -0.39 is 5.82 Å². The minimum atomic E-state index is -0.440. The number of thiazole rings is 1. The number of hydrogen-bond donors (Lipinski definition) is 2. The van der Waals surface area contributed by atoms with Crippen LogP contribution in [0.15, 0.2) is 29.8 Å². The number of halogens is 1. The number of carbonyl (C=O) groups excluding carboxylic acids is 1. The van der Waals surface area contributed by atoms with Crippen molar-refractivity contribution in [2.45, 2.75) is 6.42 Å². The Bertz CT molecular complexity index is 946. The maximum atomic E-state index is 13.9. The molecule has 2 N–H and O–H groups in total. The van der Waals surface area contributed by atoms with E-state index in [1.54, 1.807) is 28.1 Å². The summed E-state index contributed by atoms with van der Waals surface area (Å²) >= 11 is 1.39. The van der Waals surface area contributed by atoms with E-state index in [2.05, 4.69) is 15.6 Å². The van der Waals surface area contributed by atoms with E-state index >= 15 is 0 Å². The molecule has 136 valence electrons. The number of imidazole rings is 1. The average Bonchev–Trinajstić information content (AvgIpc) is 3.36. The van der Waals surface area contributed by atoms with Gasteiger partial charge in [0.15, 0.2) is 16.5 Å². The van der Waals surface area contributed by atoms with Gasteiger partial charge in [-0.2, -0.15) is 0 Å². The molecule has 1 aliphatic heterocycles. The van der Waals surface area contributed by atoms with E-state index in [1.807, 2.05) is 0 Å². The summed E-state index contributed by atoms with van der Waals surface area (Å²) in [5, 5.41) is 8.08. The van der Waals surface area contributed by atoms with Crippen molar-refractivity contribution < 1.29 is 13.9 Å². The summed E-state index contributed by atoms with van der Waals surface area (Å²) in [4.78, 5) is 17.7. The van der Waals surface area contributed by atoms with Gasteiger partial charge in [0.1, 0.15) is 5.69 Å². The van der Waals surface area contributed by atoms with Gasteiger partial charge in [-0.3, -0.25) is 9.20 Å². The zero-order valence-electron chi connectivity index (χ0n) is 14.3. The Morgan fingerprint density at radius 1 is 1.54 bits per heavy atom. The molecule has 2 aromatic heterocycles. The number of hydrogen-bond acceptors (Lipinski definition) is 5. The van der Waals surface area contributed by atoms with E-state index in [0.29, 0.717) is 34.4 Å². The van der Waals surface area contributed by atoms with Crippen molar-refractivity contribution in [1.82, 2.24) is 20.0 Å². The molecule has 3 heterocycles. The summed E-state index contributed by atoms with van der Waals surface area (Å²) in [6.45, 7) is 2.61. The number of fused-ring (bicyclic) bond motifs is 1. The Hall–Kier alpha value is -2.45. The topological polar surface area (TPSA) is 67.7 Å². The normalized spacial score (nSPS) is 16.9. The monoisotopic (exact) mass is 374 g/mol.